The van der Waals surface area contributed by atoms with Crippen molar-refractivity contribution in [2.75, 3.05) is 6.61 Å². The van der Waals surface area contributed by atoms with E-state index < -0.39 is 5.41 Å². The van der Waals surface area contributed by atoms with Gasteiger partial charge in [0, 0.05) is 29.7 Å². The second kappa shape index (κ2) is 6.45. The maximum Gasteiger partial charge on any atom is 0.333 e. The normalized spacial score (nSPS) is 18.9. The molecule has 0 aliphatic heterocycles. The number of hydrogen-bond acceptors (Lipinski definition) is 4. The maximum atomic E-state index is 12.2. The minimum Gasteiger partial charge on any atom is -0.463 e. The molecule has 2 aromatic rings. The molecule has 0 unspecified atom stereocenters. The van der Waals surface area contributed by atoms with Gasteiger partial charge < -0.3 is 9.30 Å². The molecular formula is C20H19N3O2. The Bertz CT molecular complexity index is 926. The first-order valence-corrected chi connectivity index (χ1v) is 8.29. The van der Waals surface area contributed by atoms with Gasteiger partial charge in [-0.1, -0.05) is 24.3 Å². The van der Waals surface area contributed by atoms with E-state index in [0.717, 1.165) is 16.6 Å². The highest BCUT2D eigenvalue weighted by molar-refractivity contribution is 5.89. The highest BCUT2D eigenvalue weighted by atomic mass is 16.5. The number of rotatable bonds is 3. The van der Waals surface area contributed by atoms with Gasteiger partial charge in [0.05, 0.1) is 18.7 Å². The number of para-hydroxylation sites is 1. The Hall–Kier alpha value is -3.05. The molecule has 25 heavy (non-hydrogen) atoms. The summed E-state index contributed by atoms with van der Waals surface area (Å²) in [7, 11) is 1.93. The van der Waals surface area contributed by atoms with E-state index in [0.29, 0.717) is 18.6 Å². The Morgan fingerprint density at radius 2 is 2.08 bits per heavy atom. The van der Waals surface area contributed by atoms with E-state index in [-0.39, 0.29) is 18.3 Å². The number of esters is 1. The van der Waals surface area contributed by atoms with Crippen LogP contribution in [-0.4, -0.2) is 17.1 Å². The number of hydrogen-bond donors (Lipinski definition) is 0. The number of aryl methyl sites for hydroxylation is 1. The van der Waals surface area contributed by atoms with Gasteiger partial charge in [0.2, 0.25) is 0 Å². The van der Waals surface area contributed by atoms with Crippen LogP contribution in [0.25, 0.3) is 10.9 Å². The van der Waals surface area contributed by atoms with Crippen molar-refractivity contribution in [3.63, 3.8) is 0 Å². The molecule has 0 fully saturated rings. The lowest BCUT2D eigenvalue weighted by atomic mass is 9.67. The molecule has 0 saturated heterocycles. The number of aromatic nitrogens is 1. The Morgan fingerprint density at radius 3 is 2.72 bits per heavy atom. The summed E-state index contributed by atoms with van der Waals surface area (Å²) in [6, 6.07) is 14.3. The zero-order valence-electron chi connectivity index (χ0n) is 14.3. The van der Waals surface area contributed by atoms with E-state index in [1.165, 1.54) is 0 Å². The van der Waals surface area contributed by atoms with E-state index in [1.54, 1.807) is 13.0 Å². The SMILES string of the molecule is CCOC(=O)C1=CCC(C#N)(C#N)[C@H](c2cc3ccccc3n2C)C1. The van der Waals surface area contributed by atoms with Crippen molar-refractivity contribution in [2.24, 2.45) is 12.5 Å². The van der Waals surface area contributed by atoms with Gasteiger partial charge in [-0.3, -0.25) is 0 Å². The number of ether oxygens (including phenoxy) is 1. The smallest absolute Gasteiger partial charge is 0.333 e. The monoisotopic (exact) mass is 333 g/mol. The van der Waals surface area contributed by atoms with Gasteiger partial charge in [-0.15, -0.1) is 0 Å². The van der Waals surface area contributed by atoms with Gasteiger partial charge in [-0.2, -0.15) is 10.5 Å². The van der Waals surface area contributed by atoms with Crippen LogP contribution in [0.5, 0.6) is 0 Å². The largest absolute Gasteiger partial charge is 0.463 e. The molecule has 0 N–H and O–H groups in total. The molecule has 5 nitrogen and oxygen atoms in total. The van der Waals surface area contributed by atoms with Gasteiger partial charge in [0.25, 0.3) is 0 Å². The first kappa shape index (κ1) is 16.8. The van der Waals surface area contributed by atoms with E-state index >= 15 is 0 Å². The molecule has 0 bridgehead atoms. The van der Waals surface area contributed by atoms with Crippen LogP contribution in [0.4, 0.5) is 0 Å². The molecule has 0 amide bonds. The average Bonchev–Trinajstić information content (AvgIpc) is 2.98. The molecule has 1 aromatic heterocycles. The van der Waals surface area contributed by atoms with Crippen molar-refractivity contribution in [2.45, 2.75) is 25.7 Å². The van der Waals surface area contributed by atoms with Crippen LogP contribution in [0.2, 0.25) is 0 Å². The first-order valence-electron chi connectivity index (χ1n) is 8.29. The molecule has 1 heterocycles. The van der Waals surface area contributed by atoms with Crippen LogP contribution in [0.1, 0.15) is 31.4 Å². The summed E-state index contributed by atoms with van der Waals surface area (Å²) in [6.07, 6.45) is 2.23. The van der Waals surface area contributed by atoms with E-state index in [2.05, 4.69) is 12.1 Å². The molecule has 126 valence electrons. The molecule has 0 radical (unpaired) electrons. The quantitative estimate of drug-likeness (QED) is 0.804. The number of allylic oxidation sites excluding steroid dienone is 1. The van der Waals surface area contributed by atoms with Gasteiger partial charge in [0.15, 0.2) is 5.41 Å². The Balaban J connectivity index is 2.11. The van der Waals surface area contributed by atoms with Crippen LogP contribution >= 0.6 is 0 Å². The molecule has 1 aromatic carbocycles. The summed E-state index contributed by atoms with van der Waals surface area (Å²) in [6.45, 7) is 2.06. The van der Waals surface area contributed by atoms with Crippen LogP contribution in [0, 0.1) is 28.1 Å². The number of nitriles is 2. The van der Waals surface area contributed by atoms with Crippen molar-refractivity contribution in [3.8, 4) is 12.1 Å². The zero-order valence-corrected chi connectivity index (χ0v) is 14.3. The molecule has 1 aliphatic carbocycles. The minimum absolute atomic E-state index is 0.223. The van der Waals surface area contributed by atoms with Crippen LogP contribution in [-0.2, 0) is 16.6 Å². The summed E-state index contributed by atoms with van der Waals surface area (Å²) in [5.74, 6) is -0.750. The lowest BCUT2D eigenvalue weighted by molar-refractivity contribution is -0.138. The number of fused-ring (bicyclic) bond motifs is 1. The second-order valence-electron chi connectivity index (χ2n) is 6.29. The van der Waals surface area contributed by atoms with Gasteiger partial charge in [-0.05, 0) is 37.3 Å². The number of carbonyl (C=O) groups excluding carboxylic acids is 1. The fourth-order valence-electron chi connectivity index (χ4n) is 3.57. The third-order valence-corrected chi connectivity index (χ3v) is 4.97. The fourth-order valence-corrected chi connectivity index (χ4v) is 3.57. The summed E-state index contributed by atoms with van der Waals surface area (Å²) < 4.78 is 7.12. The van der Waals surface area contributed by atoms with Crippen LogP contribution in [0.15, 0.2) is 42.0 Å². The van der Waals surface area contributed by atoms with Crippen molar-refractivity contribution >= 4 is 16.9 Å². The first-order chi connectivity index (χ1) is 12.1. The zero-order chi connectivity index (χ0) is 18.0. The summed E-state index contributed by atoms with van der Waals surface area (Å²) >= 11 is 0. The third kappa shape index (κ3) is 2.68. The summed E-state index contributed by atoms with van der Waals surface area (Å²) in [5.41, 5.74) is 1.28. The number of carbonyl (C=O) groups is 1. The highest BCUT2D eigenvalue weighted by Gasteiger charge is 2.45. The average molecular weight is 333 g/mol. The predicted octanol–water partition coefficient (Wildman–Crippen LogP) is 3.58. The third-order valence-electron chi connectivity index (χ3n) is 4.97. The van der Waals surface area contributed by atoms with Gasteiger partial charge in [0.1, 0.15) is 0 Å². The van der Waals surface area contributed by atoms with E-state index in [1.807, 2.05) is 41.9 Å². The molecule has 0 saturated carbocycles. The summed E-state index contributed by atoms with van der Waals surface area (Å²) in [4.78, 5) is 12.2. The van der Waals surface area contributed by atoms with E-state index in [4.69, 9.17) is 4.74 Å². The molecule has 5 heteroatoms. The number of nitrogens with zero attached hydrogens (tertiary/aromatic N) is 3. The standard InChI is InChI=1S/C20H19N3O2/c1-3-25-19(24)15-8-9-20(12-21,13-22)16(10-15)18-11-14-6-4-5-7-17(14)23(18)2/h4-8,11,16H,3,9-10H2,1-2H3/t16-/m0/s1. The Kier molecular flexibility index (Phi) is 4.33. The van der Waals surface area contributed by atoms with Gasteiger partial charge >= 0.3 is 5.97 Å². The minimum atomic E-state index is -1.18. The number of benzene rings is 1. The van der Waals surface area contributed by atoms with Crippen molar-refractivity contribution in [1.82, 2.24) is 4.57 Å². The molecular weight excluding hydrogens is 314 g/mol. The highest BCUT2D eigenvalue weighted by Crippen LogP contribution is 2.47. The fraction of sp³-hybridized carbons (Fsp3) is 0.350. The van der Waals surface area contributed by atoms with Crippen molar-refractivity contribution < 1.29 is 9.53 Å². The lowest BCUT2D eigenvalue weighted by Crippen LogP contribution is -2.31. The molecule has 0 spiro atoms. The molecule has 1 atom stereocenters. The molecule has 3 rings (SSSR count). The van der Waals surface area contributed by atoms with E-state index in [9.17, 15) is 15.3 Å². The van der Waals surface area contributed by atoms with Crippen LogP contribution < -0.4 is 0 Å². The Labute approximate surface area is 146 Å². The predicted molar refractivity (Wildman–Crippen MR) is 93.3 cm³/mol. The van der Waals surface area contributed by atoms with Crippen molar-refractivity contribution in [3.05, 3.63) is 47.7 Å². The lowest BCUT2D eigenvalue weighted by Gasteiger charge is -2.33. The second-order valence-corrected chi connectivity index (χ2v) is 6.29. The van der Waals surface area contributed by atoms with Gasteiger partial charge in [-0.25, -0.2) is 4.79 Å². The summed E-state index contributed by atoms with van der Waals surface area (Å²) in [5, 5.41) is 20.5. The van der Waals surface area contributed by atoms with Crippen molar-refractivity contribution in [1.29, 1.82) is 10.5 Å². The van der Waals surface area contributed by atoms with Crippen LogP contribution in [0.3, 0.4) is 0 Å². The molecule has 1 aliphatic rings. The maximum absolute atomic E-state index is 12.2. The Morgan fingerprint density at radius 1 is 1.36 bits per heavy atom. The topological polar surface area (TPSA) is 78.8 Å².